The van der Waals surface area contributed by atoms with E-state index in [2.05, 4.69) is 5.32 Å². The molecule has 4 nitrogen and oxygen atoms in total. The predicted octanol–water partition coefficient (Wildman–Crippen LogP) is 2.13. The summed E-state index contributed by atoms with van der Waals surface area (Å²) in [4.78, 5) is 22.9. The third-order valence-electron chi connectivity index (χ3n) is 4.71. The quantitative estimate of drug-likeness (QED) is 0.823. The van der Waals surface area contributed by atoms with E-state index in [4.69, 9.17) is 5.11 Å². The zero-order valence-electron chi connectivity index (χ0n) is 11.3. The number of nitrogens with one attached hydrogen (secondary N) is 1. The number of alkyl halides is 1. The summed E-state index contributed by atoms with van der Waals surface area (Å²) in [7, 11) is 0. The lowest BCUT2D eigenvalue weighted by molar-refractivity contribution is -0.153. The molecule has 2 N–H and O–H groups in total. The average molecular weight is 271 g/mol. The Morgan fingerprint density at radius 3 is 2.16 bits per heavy atom. The van der Waals surface area contributed by atoms with Crippen molar-refractivity contribution in [3.05, 3.63) is 0 Å². The van der Waals surface area contributed by atoms with Gasteiger partial charge in [-0.2, -0.15) is 0 Å². The number of carbonyl (C=O) groups excluding carboxylic acids is 1. The average Bonchev–Trinajstić information content (AvgIpc) is 2.27. The summed E-state index contributed by atoms with van der Waals surface area (Å²) in [5, 5.41) is 11.9. The number of carboxylic acids is 1. The maximum atomic E-state index is 13.1. The molecule has 2 fully saturated rings. The highest BCUT2D eigenvalue weighted by atomic mass is 19.1. The molecule has 0 aromatic rings. The summed E-state index contributed by atoms with van der Waals surface area (Å²) in [6.45, 7) is 1.94. The van der Waals surface area contributed by atoms with Crippen LogP contribution in [0.5, 0.6) is 0 Å². The Bertz CT molecular complexity index is 353. The predicted molar refractivity (Wildman–Crippen MR) is 68.3 cm³/mol. The molecular formula is C14H22FNO3. The minimum Gasteiger partial charge on any atom is -0.481 e. The van der Waals surface area contributed by atoms with Gasteiger partial charge in [0.25, 0.3) is 0 Å². The van der Waals surface area contributed by atoms with Gasteiger partial charge in [-0.3, -0.25) is 9.59 Å². The molecule has 1 amide bonds. The van der Waals surface area contributed by atoms with Crippen molar-refractivity contribution in [2.75, 3.05) is 0 Å². The molecule has 2 rings (SSSR count). The van der Waals surface area contributed by atoms with Crippen LogP contribution in [-0.2, 0) is 9.59 Å². The van der Waals surface area contributed by atoms with Crippen molar-refractivity contribution in [3.8, 4) is 0 Å². The maximum absolute atomic E-state index is 13.1. The Morgan fingerprint density at radius 1 is 1.11 bits per heavy atom. The van der Waals surface area contributed by atoms with E-state index in [9.17, 15) is 14.0 Å². The van der Waals surface area contributed by atoms with E-state index >= 15 is 0 Å². The highest BCUT2D eigenvalue weighted by Crippen LogP contribution is 2.35. The molecule has 0 aromatic carbocycles. The second-order valence-electron chi connectivity index (χ2n) is 5.94. The molecule has 1 unspecified atom stereocenters. The van der Waals surface area contributed by atoms with Crippen molar-refractivity contribution in [1.29, 1.82) is 0 Å². The van der Waals surface area contributed by atoms with Gasteiger partial charge in [-0.25, -0.2) is 4.39 Å². The Balaban J connectivity index is 1.80. The van der Waals surface area contributed by atoms with Crippen molar-refractivity contribution < 1.29 is 19.1 Å². The van der Waals surface area contributed by atoms with Gasteiger partial charge in [-0.05, 0) is 51.4 Å². The summed E-state index contributed by atoms with van der Waals surface area (Å²) in [5.41, 5.74) is 0. The maximum Gasteiger partial charge on any atom is 0.307 e. The van der Waals surface area contributed by atoms with Crippen LogP contribution in [0, 0.1) is 17.8 Å². The second kappa shape index (κ2) is 5.88. The lowest BCUT2D eigenvalue weighted by Crippen LogP contribution is -2.48. The Kier molecular flexibility index (Phi) is 4.42. The van der Waals surface area contributed by atoms with E-state index in [0.29, 0.717) is 31.6 Å². The monoisotopic (exact) mass is 271 g/mol. The number of halogens is 1. The normalized spacial score (nSPS) is 36.1. The van der Waals surface area contributed by atoms with Gasteiger partial charge in [0, 0.05) is 6.04 Å². The van der Waals surface area contributed by atoms with E-state index in [1.54, 1.807) is 0 Å². The molecular weight excluding hydrogens is 249 g/mol. The zero-order chi connectivity index (χ0) is 14.0. The van der Waals surface area contributed by atoms with Crippen LogP contribution in [0.1, 0.15) is 45.4 Å². The van der Waals surface area contributed by atoms with E-state index in [-0.39, 0.29) is 17.9 Å². The molecule has 0 spiro atoms. The molecule has 0 aliphatic heterocycles. The Labute approximate surface area is 112 Å². The molecule has 0 radical (unpaired) electrons. The van der Waals surface area contributed by atoms with Gasteiger partial charge in [-0.15, -0.1) is 0 Å². The van der Waals surface area contributed by atoms with Gasteiger partial charge >= 0.3 is 5.97 Å². The first kappa shape index (κ1) is 14.3. The lowest BCUT2D eigenvalue weighted by atomic mass is 9.73. The fourth-order valence-corrected chi connectivity index (χ4v) is 3.14. The summed E-state index contributed by atoms with van der Waals surface area (Å²) >= 11 is 0. The van der Waals surface area contributed by atoms with Gasteiger partial charge in [0.1, 0.15) is 6.17 Å². The minimum absolute atomic E-state index is 0.00930. The van der Waals surface area contributed by atoms with Crippen LogP contribution in [0.15, 0.2) is 0 Å². The van der Waals surface area contributed by atoms with Crippen molar-refractivity contribution >= 4 is 11.9 Å². The lowest BCUT2D eigenvalue weighted by Gasteiger charge is -2.35. The topological polar surface area (TPSA) is 66.4 Å². The number of carboxylic acid groups (broad SMARTS) is 1. The highest BCUT2D eigenvalue weighted by Gasteiger charge is 2.42. The smallest absolute Gasteiger partial charge is 0.307 e. The standard InChI is InChI=1S/C14H22FNO3/c1-8(9-2-4-10(15)5-3-9)16-13(17)11-6-7-12(11)14(18)19/h8-12H,2-7H2,1H3,(H,16,17)(H,18,19)/t8?,9?,10?,11-,12-/m1/s1. The molecule has 108 valence electrons. The zero-order valence-corrected chi connectivity index (χ0v) is 11.3. The van der Waals surface area contributed by atoms with Gasteiger partial charge in [0.2, 0.25) is 5.91 Å². The first-order valence-corrected chi connectivity index (χ1v) is 7.16. The van der Waals surface area contributed by atoms with Crippen LogP contribution in [0.2, 0.25) is 0 Å². The highest BCUT2D eigenvalue weighted by molar-refractivity contribution is 5.86. The first-order valence-electron chi connectivity index (χ1n) is 7.16. The first-order chi connectivity index (χ1) is 8.99. The van der Waals surface area contributed by atoms with E-state index in [1.807, 2.05) is 6.92 Å². The molecule has 2 saturated carbocycles. The van der Waals surface area contributed by atoms with Crippen LogP contribution in [-0.4, -0.2) is 29.2 Å². The fourth-order valence-electron chi connectivity index (χ4n) is 3.14. The van der Waals surface area contributed by atoms with Gasteiger partial charge in [0.15, 0.2) is 0 Å². The van der Waals surface area contributed by atoms with Gasteiger partial charge < -0.3 is 10.4 Å². The Hall–Kier alpha value is -1.13. The molecule has 2 aliphatic rings. The van der Waals surface area contributed by atoms with E-state index in [1.165, 1.54) is 0 Å². The molecule has 19 heavy (non-hydrogen) atoms. The third kappa shape index (κ3) is 3.25. The summed E-state index contributed by atoms with van der Waals surface area (Å²) in [6, 6.07) is 0.00930. The van der Waals surface area contributed by atoms with Crippen LogP contribution in [0.4, 0.5) is 4.39 Å². The molecule has 0 heterocycles. The van der Waals surface area contributed by atoms with Crippen molar-refractivity contribution in [1.82, 2.24) is 5.32 Å². The van der Waals surface area contributed by atoms with Crippen LogP contribution in [0.25, 0.3) is 0 Å². The number of carbonyl (C=O) groups is 2. The molecule has 0 bridgehead atoms. The number of hydrogen-bond donors (Lipinski definition) is 2. The van der Waals surface area contributed by atoms with Crippen LogP contribution < -0.4 is 5.32 Å². The molecule has 2 aliphatic carbocycles. The Morgan fingerprint density at radius 2 is 1.68 bits per heavy atom. The number of aliphatic carboxylic acids is 1. The largest absolute Gasteiger partial charge is 0.481 e. The van der Waals surface area contributed by atoms with Crippen LogP contribution in [0.3, 0.4) is 0 Å². The van der Waals surface area contributed by atoms with Crippen molar-refractivity contribution in [3.63, 3.8) is 0 Å². The van der Waals surface area contributed by atoms with Crippen molar-refractivity contribution in [2.45, 2.75) is 57.7 Å². The van der Waals surface area contributed by atoms with E-state index in [0.717, 1.165) is 12.8 Å². The summed E-state index contributed by atoms with van der Waals surface area (Å²) in [6.07, 6.45) is 3.31. The number of amides is 1. The third-order valence-corrected chi connectivity index (χ3v) is 4.71. The number of rotatable bonds is 4. The number of hydrogen-bond acceptors (Lipinski definition) is 2. The van der Waals surface area contributed by atoms with Gasteiger partial charge in [0.05, 0.1) is 11.8 Å². The van der Waals surface area contributed by atoms with Crippen LogP contribution >= 0.6 is 0 Å². The fraction of sp³-hybridized carbons (Fsp3) is 0.857. The summed E-state index contributed by atoms with van der Waals surface area (Å²) in [5.74, 6) is -1.60. The second-order valence-corrected chi connectivity index (χ2v) is 5.94. The summed E-state index contributed by atoms with van der Waals surface area (Å²) < 4.78 is 13.1. The molecule has 0 aromatic heterocycles. The minimum atomic E-state index is -0.878. The van der Waals surface area contributed by atoms with Gasteiger partial charge in [-0.1, -0.05) is 0 Å². The SMILES string of the molecule is CC(NC(=O)[C@@H]1CC[C@H]1C(=O)O)C1CCC(F)CC1. The van der Waals surface area contributed by atoms with E-state index < -0.39 is 18.1 Å². The van der Waals surface area contributed by atoms with Crippen molar-refractivity contribution in [2.24, 2.45) is 17.8 Å². The molecule has 3 atom stereocenters. The molecule has 0 saturated heterocycles. The molecule has 5 heteroatoms.